The number of para-hydroxylation sites is 2. The summed E-state index contributed by atoms with van der Waals surface area (Å²) in [6.07, 6.45) is 1.95. The molecule has 0 N–H and O–H groups in total. The molecule has 0 aliphatic carbocycles. The van der Waals surface area contributed by atoms with Crippen LogP contribution >= 0.6 is 0 Å². The minimum atomic E-state index is 0. The van der Waals surface area contributed by atoms with Crippen LogP contribution in [0, 0.1) is 12.1 Å². The Morgan fingerprint density at radius 1 is 0.586 bits per heavy atom. The molecule has 291 valence electrons. The van der Waals surface area contributed by atoms with Crippen LogP contribution in [0.4, 0.5) is 0 Å². The van der Waals surface area contributed by atoms with Gasteiger partial charge in [0.25, 0.3) is 0 Å². The Hall–Kier alpha value is -5.67. The third-order valence-electron chi connectivity index (χ3n) is 10.8. The third-order valence-corrected chi connectivity index (χ3v) is 10.8. The molecule has 9 rings (SSSR count). The second kappa shape index (κ2) is 17.0. The SMILES string of the molecule is CC(C)(C)c1ccc(-c2[c-]cccc2)nc1.CC(C)c1cc(-c2ccccc2)cc(C(C)C)c1-n1c(-c2[c-]cc3ccc4ccccc4c3c2)nc2ccccc21.[Ir]. The van der Waals surface area contributed by atoms with E-state index in [0.717, 1.165) is 33.7 Å². The number of benzene rings is 7. The quantitative estimate of drug-likeness (QED) is 0.123. The molecule has 1 radical (unpaired) electrons. The Kier molecular flexibility index (Phi) is 11.9. The fourth-order valence-corrected chi connectivity index (χ4v) is 7.67. The molecule has 0 unspecified atom stereocenters. The van der Waals surface area contributed by atoms with Crippen molar-refractivity contribution in [2.24, 2.45) is 0 Å². The number of aromatic nitrogens is 3. The Morgan fingerprint density at radius 3 is 1.93 bits per heavy atom. The van der Waals surface area contributed by atoms with Gasteiger partial charge in [-0.1, -0.05) is 150 Å². The molecule has 0 saturated carbocycles. The van der Waals surface area contributed by atoms with Crippen molar-refractivity contribution < 1.29 is 20.1 Å². The normalized spacial score (nSPS) is 11.5. The zero-order valence-electron chi connectivity index (χ0n) is 34.3. The van der Waals surface area contributed by atoms with E-state index in [4.69, 9.17) is 4.98 Å². The summed E-state index contributed by atoms with van der Waals surface area (Å²) in [5, 5.41) is 4.91. The predicted molar refractivity (Wildman–Crippen MR) is 241 cm³/mol. The second-order valence-electron chi connectivity index (χ2n) is 16.5. The van der Waals surface area contributed by atoms with Gasteiger partial charge in [0, 0.05) is 32.0 Å². The first-order valence-corrected chi connectivity index (χ1v) is 20.0. The number of pyridine rings is 1. The molecule has 4 heteroatoms. The first kappa shape index (κ1) is 40.5. The van der Waals surface area contributed by atoms with Crippen molar-refractivity contribution in [3.8, 4) is 39.5 Å². The topological polar surface area (TPSA) is 30.7 Å². The van der Waals surface area contributed by atoms with Crippen LogP contribution < -0.4 is 0 Å². The Bertz CT molecular complexity index is 2780. The first-order chi connectivity index (χ1) is 27.6. The van der Waals surface area contributed by atoms with Gasteiger partial charge in [0.1, 0.15) is 0 Å². The average molecular weight is 932 g/mol. The number of fused-ring (bicyclic) bond motifs is 4. The van der Waals surface area contributed by atoms with Gasteiger partial charge < -0.3 is 9.55 Å². The molecule has 58 heavy (non-hydrogen) atoms. The van der Waals surface area contributed by atoms with Crippen molar-refractivity contribution in [3.05, 3.63) is 187 Å². The molecule has 3 nitrogen and oxygen atoms in total. The van der Waals surface area contributed by atoms with Gasteiger partial charge in [0.2, 0.25) is 0 Å². The summed E-state index contributed by atoms with van der Waals surface area (Å²) in [4.78, 5) is 9.74. The van der Waals surface area contributed by atoms with Gasteiger partial charge in [-0.25, -0.2) is 0 Å². The third kappa shape index (κ3) is 8.18. The summed E-state index contributed by atoms with van der Waals surface area (Å²) in [7, 11) is 0. The van der Waals surface area contributed by atoms with Crippen molar-refractivity contribution in [3.63, 3.8) is 0 Å². The zero-order valence-corrected chi connectivity index (χ0v) is 36.7. The molecule has 0 amide bonds. The van der Waals surface area contributed by atoms with Gasteiger partial charge in [0.05, 0.1) is 16.9 Å². The summed E-state index contributed by atoms with van der Waals surface area (Å²) in [6.45, 7) is 15.8. The van der Waals surface area contributed by atoms with Crippen molar-refractivity contribution in [2.75, 3.05) is 0 Å². The smallest absolute Gasteiger partial charge is 0.0774 e. The molecule has 0 aliphatic heterocycles. The van der Waals surface area contributed by atoms with Crippen LogP contribution in [0.25, 0.3) is 72.0 Å². The minimum absolute atomic E-state index is 0. The number of imidazole rings is 1. The number of hydrogen-bond donors (Lipinski definition) is 0. The number of rotatable bonds is 6. The molecule has 0 aliphatic rings. The Morgan fingerprint density at radius 2 is 1.26 bits per heavy atom. The molecule has 0 saturated heterocycles. The van der Waals surface area contributed by atoms with Crippen molar-refractivity contribution in [1.29, 1.82) is 0 Å². The van der Waals surface area contributed by atoms with Crippen LogP contribution in [0.15, 0.2) is 158 Å². The number of nitrogens with zero attached hydrogens (tertiary/aromatic N) is 3. The summed E-state index contributed by atoms with van der Waals surface area (Å²) in [5.41, 5.74) is 12.9. The van der Waals surface area contributed by atoms with E-state index in [1.54, 1.807) is 0 Å². The monoisotopic (exact) mass is 932 g/mol. The molecular weight excluding hydrogens is 883 g/mol. The van der Waals surface area contributed by atoms with Gasteiger partial charge in [-0.05, 0) is 85.8 Å². The first-order valence-electron chi connectivity index (χ1n) is 20.0. The second-order valence-corrected chi connectivity index (χ2v) is 16.5. The molecule has 0 fully saturated rings. The van der Waals surface area contributed by atoms with Gasteiger partial charge >= 0.3 is 0 Å². The van der Waals surface area contributed by atoms with Crippen LogP contribution in [0.2, 0.25) is 0 Å². The molecule has 9 aromatic rings. The summed E-state index contributed by atoms with van der Waals surface area (Å²) in [6, 6.07) is 60.3. The van der Waals surface area contributed by atoms with Crippen molar-refractivity contribution >= 4 is 32.6 Å². The fourth-order valence-electron chi connectivity index (χ4n) is 7.67. The summed E-state index contributed by atoms with van der Waals surface area (Å²) in [5.74, 6) is 1.58. The van der Waals surface area contributed by atoms with Crippen LogP contribution in [0.1, 0.15) is 77.0 Å². The Balaban J connectivity index is 0.000000254. The maximum atomic E-state index is 5.26. The van der Waals surface area contributed by atoms with Gasteiger partial charge in [-0.2, -0.15) is 0 Å². The van der Waals surface area contributed by atoms with E-state index in [1.807, 2.05) is 30.5 Å². The largest absolute Gasteiger partial charge is 0.333 e. The minimum Gasteiger partial charge on any atom is -0.333 e. The van der Waals surface area contributed by atoms with Gasteiger partial charge in [-0.15, -0.1) is 59.7 Å². The average Bonchev–Trinajstić information content (AvgIpc) is 3.63. The van der Waals surface area contributed by atoms with E-state index in [1.165, 1.54) is 55.0 Å². The van der Waals surface area contributed by atoms with Crippen LogP contribution in [-0.2, 0) is 25.5 Å². The molecule has 2 heterocycles. The fraction of sp³-hybridized carbons (Fsp3) is 0.185. The van der Waals surface area contributed by atoms with Crippen molar-refractivity contribution in [2.45, 2.75) is 65.7 Å². The summed E-state index contributed by atoms with van der Waals surface area (Å²) >= 11 is 0. The molecule has 7 aromatic carbocycles. The molecular formula is C54H49IrN3-2. The predicted octanol–water partition coefficient (Wildman–Crippen LogP) is 14.6. The maximum absolute atomic E-state index is 5.26. The maximum Gasteiger partial charge on any atom is 0.0774 e. The molecule has 2 aromatic heterocycles. The van der Waals surface area contributed by atoms with E-state index < -0.39 is 0 Å². The van der Waals surface area contributed by atoms with Gasteiger partial charge in [-0.3, -0.25) is 4.98 Å². The number of hydrogen-bond acceptors (Lipinski definition) is 2. The molecule has 0 bridgehead atoms. The molecule has 0 atom stereocenters. The summed E-state index contributed by atoms with van der Waals surface area (Å²) < 4.78 is 2.40. The Labute approximate surface area is 357 Å². The van der Waals surface area contributed by atoms with E-state index in [0.29, 0.717) is 11.8 Å². The van der Waals surface area contributed by atoms with Crippen LogP contribution in [0.3, 0.4) is 0 Å². The molecule has 0 spiro atoms. The van der Waals surface area contributed by atoms with E-state index >= 15 is 0 Å². The van der Waals surface area contributed by atoms with E-state index in [-0.39, 0.29) is 25.5 Å². The van der Waals surface area contributed by atoms with Crippen molar-refractivity contribution in [1.82, 2.24) is 14.5 Å². The van der Waals surface area contributed by atoms with E-state index in [9.17, 15) is 0 Å². The van der Waals surface area contributed by atoms with Gasteiger partial charge in [0.15, 0.2) is 0 Å². The standard InChI is InChI=1S/C39H33N2.C15H16N.Ir/c1-25(2)33-23-31(27-12-6-5-7-13-27)24-34(26(3)4)38(33)41-37-17-11-10-16-36(37)40-39(41)30-21-20-29-19-18-28-14-8-9-15-32(28)35(29)22-30;1-15(2,3)13-9-10-14(16-11-13)12-7-5-4-6-8-12;/h5-20,22-26H,1-4H3;4-7,9-11H,1-3H3;/q2*-1;. The zero-order chi connectivity index (χ0) is 39.7. The van der Waals surface area contributed by atoms with E-state index in [2.05, 4.69) is 198 Å². The van der Waals surface area contributed by atoms with Crippen LogP contribution in [-0.4, -0.2) is 14.5 Å². The van der Waals surface area contributed by atoms with Crippen LogP contribution in [0.5, 0.6) is 0 Å².